The van der Waals surface area contributed by atoms with E-state index in [4.69, 9.17) is 0 Å². The summed E-state index contributed by atoms with van der Waals surface area (Å²) in [6.07, 6.45) is 3.80. The predicted molar refractivity (Wildman–Crippen MR) is 75.4 cm³/mol. The summed E-state index contributed by atoms with van der Waals surface area (Å²) < 4.78 is 1.91. The van der Waals surface area contributed by atoms with E-state index in [1.165, 1.54) is 10.4 Å². The van der Waals surface area contributed by atoms with Crippen LogP contribution >= 0.6 is 11.3 Å². The van der Waals surface area contributed by atoms with Crippen LogP contribution in [0.15, 0.2) is 12.3 Å². The van der Waals surface area contributed by atoms with E-state index in [0.717, 1.165) is 28.8 Å². The van der Waals surface area contributed by atoms with Crippen molar-refractivity contribution >= 4 is 17.6 Å². The summed E-state index contributed by atoms with van der Waals surface area (Å²) in [5, 5.41) is 4.36. The average molecular weight is 262 g/mol. The molecule has 0 N–H and O–H groups in total. The number of rotatable bonds is 4. The van der Waals surface area contributed by atoms with Crippen molar-refractivity contribution in [1.82, 2.24) is 9.78 Å². The van der Waals surface area contributed by atoms with Crippen molar-refractivity contribution in [2.24, 2.45) is 7.05 Å². The van der Waals surface area contributed by atoms with Gasteiger partial charge in [0.2, 0.25) is 0 Å². The van der Waals surface area contributed by atoms with Crippen LogP contribution in [0, 0.1) is 0 Å². The van der Waals surface area contributed by atoms with Gasteiger partial charge in [0, 0.05) is 23.1 Å². The summed E-state index contributed by atoms with van der Waals surface area (Å²) in [6, 6.07) is 1.99. The Balaban J connectivity index is 2.64. The zero-order chi connectivity index (χ0) is 13.3. The maximum atomic E-state index is 10.9. The first-order chi connectivity index (χ1) is 8.58. The quantitative estimate of drug-likeness (QED) is 0.788. The molecule has 2 heterocycles. The third-order valence-electron chi connectivity index (χ3n) is 3.11. The van der Waals surface area contributed by atoms with Crippen LogP contribution in [0.3, 0.4) is 0 Å². The van der Waals surface area contributed by atoms with E-state index in [-0.39, 0.29) is 0 Å². The highest BCUT2D eigenvalue weighted by atomic mass is 32.1. The summed E-state index contributed by atoms with van der Waals surface area (Å²) >= 11 is 1.58. The third-order valence-corrected chi connectivity index (χ3v) is 4.31. The lowest BCUT2D eigenvalue weighted by atomic mass is 9.99. The first-order valence-corrected chi connectivity index (χ1v) is 7.00. The summed E-state index contributed by atoms with van der Waals surface area (Å²) in [5.74, 6) is 0.429. The van der Waals surface area contributed by atoms with Crippen LogP contribution in [0.1, 0.15) is 46.8 Å². The van der Waals surface area contributed by atoms with Crippen LogP contribution in [-0.4, -0.2) is 16.1 Å². The van der Waals surface area contributed by atoms with Crippen LogP contribution in [0.4, 0.5) is 0 Å². The Bertz CT molecular complexity index is 566. The van der Waals surface area contributed by atoms with Crippen molar-refractivity contribution in [1.29, 1.82) is 0 Å². The van der Waals surface area contributed by atoms with E-state index >= 15 is 0 Å². The first kappa shape index (κ1) is 13.0. The Hall–Kier alpha value is -1.42. The van der Waals surface area contributed by atoms with Gasteiger partial charge < -0.3 is 0 Å². The van der Waals surface area contributed by atoms with Crippen LogP contribution in [0.5, 0.6) is 0 Å². The molecule has 0 spiro atoms. The van der Waals surface area contributed by atoms with Crippen LogP contribution in [0.2, 0.25) is 0 Å². The molecular formula is C14H18N2OS. The normalized spacial score (nSPS) is 11.2. The third kappa shape index (κ3) is 2.12. The fraction of sp³-hybridized carbons (Fsp3) is 0.429. The van der Waals surface area contributed by atoms with Crippen molar-refractivity contribution in [2.75, 3.05) is 0 Å². The molecule has 0 saturated heterocycles. The number of aldehydes is 1. The van der Waals surface area contributed by atoms with Gasteiger partial charge in [-0.3, -0.25) is 9.48 Å². The fourth-order valence-electron chi connectivity index (χ4n) is 2.18. The van der Waals surface area contributed by atoms with Crippen molar-refractivity contribution < 1.29 is 4.79 Å². The molecule has 18 heavy (non-hydrogen) atoms. The lowest BCUT2D eigenvalue weighted by Gasteiger charge is -2.09. The Morgan fingerprint density at radius 2 is 2.22 bits per heavy atom. The summed E-state index contributed by atoms with van der Waals surface area (Å²) in [4.78, 5) is 13.0. The molecule has 4 heteroatoms. The second kappa shape index (κ2) is 5.06. The Morgan fingerprint density at radius 1 is 1.50 bits per heavy atom. The highest BCUT2D eigenvalue weighted by Gasteiger charge is 2.18. The summed E-state index contributed by atoms with van der Waals surface area (Å²) in [7, 11) is 1.96. The minimum Gasteiger partial charge on any atom is -0.297 e. The molecule has 0 fully saturated rings. The van der Waals surface area contributed by atoms with Gasteiger partial charge in [-0.2, -0.15) is 5.10 Å². The highest BCUT2D eigenvalue weighted by Crippen LogP contribution is 2.35. The second-order valence-electron chi connectivity index (χ2n) is 4.68. The number of carbonyl (C=O) groups excluding carboxylic acids is 1. The monoisotopic (exact) mass is 262 g/mol. The topological polar surface area (TPSA) is 34.9 Å². The molecule has 0 aliphatic rings. The maximum Gasteiger partial charge on any atom is 0.160 e. The number of hydrogen-bond acceptors (Lipinski definition) is 3. The van der Waals surface area contributed by atoms with E-state index in [1.807, 2.05) is 24.0 Å². The van der Waals surface area contributed by atoms with Gasteiger partial charge in [-0.15, -0.1) is 11.3 Å². The van der Waals surface area contributed by atoms with Crippen LogP contribution in [-0.2, 0) is 13.5 Å². The Morgan fingerprint density at radius 3 is 2.78 bits per heavy atom. The minimum absolute atomic E-state index is 0.429. The van der Waals surface area contributed by atoms with Crippen molar-refractivity contribution in [3.05, 3.63) is 27.6 Å². The van der Waals surface area contributed by atoms with Crippen LogP contribution in [0.25, 0.3) is 11.3 Å². The van der Waals surface area contributed by atoms with E-state index in [9.17, 15) is 4.79 Å². The number of thiophene rings is 1. The van der Waals surface area contributed by atoms with E-state index in [0.29, 0.717) is 5.92 Å². The number of aromatic nitrogens is 2. The molecule has 2 aromatic rings. The molecule has 0 unspecified atom stereocenters. The number of carbonyl (C=O) groups is 1. The highest BCUT2D eigenvalue weighted by molar-refractivity contribution is 7.14. The SMILES string of the molecule is CCc1sc(C=O)cc1-c1c(C(C)C)cnn1C. The number of aryl methyl sites for hydroxylation is 2. The Labute approximate surface area is 111 Å². The molecule has 0 saturated carbocycles. The number of nitrogens with zero attached hydrogens (tertiary/aromatic N) is 2. The number of hydrogen-bond donors (Lipinski definition) is 0. The van der Waals surface area contributed by atoms with E-state index < -0.39 is 0 Å². The van der Waals surface area contributed by atoms with Crippen molar-refractivity contribution in [3.63, 3.8) is 0 Å². The molecule has 0 aliphatic carbocycles. The van der Waals surface area contributed by atoms with Gasteiger partial charge in [-0.25, -0.2) is 0 Å². The fourth-order valence-corrected chi connectivity index (χ4v) is 3.10. The lowest BCUT2D eigenvalue weighted by molar-refractivity contribution is 0.112. The molecule has 0 atom stereocenters. The van der Waals surface area contributed by atoms with Gasteiger partial charge in [-0.1, -0.05) is 20.8 Å². The zero-order valence-corrected chi connectivity index (χ0v) is 12.0. The van der Waals surface area contributed by atoms with E-state index in [1.54, 1.807) is 11.3 Å². The summed E-state index contributed by atoms with van der Waals surface area (Å²) in [6.45, 7) is 6.45. The van der Waals surface area contributed by atoms with Gasteiger partial charge >= 0.3 is 0 Å². The average Bonchev–Trinajstić information content (AvgIpc) is 2.91. The molecular weight excluding hydrogens is 244 g/mol. The largest absolute Gasteiger partial charge is 0.297 e. The molecule has 96 valence electrons. The smallest absolute Gasteiger partial charge is 0.160 e. The maximum absolute atomic E-state index is 10.9. The standard InChI is InChI=1S/C14H18N2OS/c1-5-13-11(6-10(8-17)18-13)14-12(9(2)3)7-15-16(14)4/h6-9H,5H2,1-4H3. The molecule has 2 aromatic heterocycles. The van der Waals surface area contributed by atoms with Gasteiger partial charge in [0.1, 0.15) is 0 Å². The van der Waals surface area contributed by atoms with Crippen molar-refractivity contribution in [2.45, 2.75) is 33.1 Å². The Kier molecular flexibility index (Phi) is 3.66. The lowest BCUT2D eigenvalue weighted by Crippen LogP contribution is -1.97. The molecule has 3 nitrogen and oxygen atoms in total. The van der Waals surface area contributed by atoms with Crippen molar-refractivity contribution in [3.8, 4) is 11.3 Å². The van der Waals surface area contributed by atoms with E-state index in [2.05, 4.69) is 25.9 Å². The summed E-state index contributed by atoms with van der Waals surface area (Å²) in [5.41, 5.74) is 3.54. The molecule has 0 bridgehead atoms. The molecule has 0 amide bonds. The minimum atomic E-state index is 0.429. The second-order valence-corrected chi connectivity index (χ2v) is 5.85. The van der Waals surface area contributed by atoms with Gasteiger partial charge in [-0.05, 0) is 18.4 Å². The zero-order valence-electron chi connectivity index (χ0n) is 11.2. The predicted octanol–water partition coefficient (Wildman–Crippen LogP) is 3.65. The molecule has 0 aromatic carbocycles. The molecule has 2 rings (SSSR count). The first-order valence-electron chi connectivity index (χ1n) is 6.18. The van der Waals surface area contributed by atoms with Gasteiger partial charge in [0.15, 0.2) is 6.29 Å². The molecule has 0 aliphatic heterocycles. The van der Waals surface area contributed by atoms with Gasteiger partial charge in [0.25, 0.3) is 0 Å². The van der Waals surface area contributed by atoms with Crippen LogP contribution < -0.4 is 0 Å². The molecule has 0 radical (unpaired) electrons. The van der Waals surface area contributed by atoms with Gasteiger partial charge in [0.05, 0.1) is 16.8 Å².